The van der Waals surface area contributed by atoms with Crippen LogP contribution >= 0.6 is 11.3 Å². The molecule has 150 valence electrons. The van der Waals surface area contributed by atoms with Crippen molar-refractivity contribution in [2.45, 2.75) is 18.7 Å². The lowest BCUT2D eigenvalue weighted by Gasteiger charge is -2.10. The molecule has 1 N–H and O–H groups in total. The number of carbonyl (C=O) groups excluding carboxylic acids is 2. The van der Waals surface area contributed by atoms with Crippen molar-refractivity contribution in [1.82, 2.24) is 4.98 Å². The molecule has 6 nitrogen and oxygen atoms in total. The molecule has 0 aliphatic rings. The zero-order valence-electron chi connectivity index (χ0n) is 16.0. The van der Waals surface area contributed by atoms with Gasteiger partial charge in [0, 0.05) is 22.4 Å². The predicted octanol–water partition coefficient (Wildman–Crippen LogP) is 4.04. The van der Waals surface area contributed by atoms with Crippen molar-refractivity contribution in [1.29, 1.82) is 0 Å². The normalized spacial score (nSPS) is 11.7. The van der Waals surface area contributed by atoms with Gasteiger partial charge in [-0.25, -0.2) is 9.78 Å². The predicted molar refractivity (Wildman–Crippen MR) is 115 cm³/mol. The third kappa shape index (κ3) is 5.36. The Morgan fingerprint density at radius 1 is 1.17 bits per heavy atom. The summed E-state index contributed by atoms with van der Waals surface area (Å²) < 4.78 is 17.2. The number of rotatable bonds is 7. The fraction of sp³-hybridized carbons (Fsp3) is 0.190. The number of anilines is 1. The molecule has 0 aliphatic carbocycles. The van der Waals surface area contributed by atoms with Crippen molar-refractivity contribution in [2.75, 3.05) is 17.7 Å². The molecule has 0 aliphatic heterocycles. The van der Waals surface area contributed by atoms with E-state index >= 15 is 0 Å². The second-order valence-corrected chi connectivity index (χ2v) is 8.86. The smallest absolute Gasteiger partial charge is 0.339 e. The number of esters is 1. The van der Waals surface area contributed by atoms with Crippen LogP contribution in [0, 0.1) is 6.92 Å². The monoisotopic (exact) mass is 428 g/mol. The second kappa shape index (κ2) is 9.58. The van der Waals surface area contributed by atoms with Crippen LogP contribution in [-0.4, -0.2) is 33.4 Å². The highest BCUT2D eigenvalue weighted by Crippen LogP contribution is 2.24. The Balaban J connectivity index is 1.62. The summed E-state index contributed by atoms with van der Waals surface area (Å²) >= 11 is 1.56. The summed E-state index contributed by atoms with van der Waals surface area (Å²) in [5.74, 6) is -0.747. The Kier molecular flexibility index (Phi) is 6.90. The number of hydrogen-bond donors (Lipinski definition) is 1. The number of amides is 1. The third-order valence-electron chi connectivity index (χ3n) is 4.01. The number of benzene rings is 2. The van der Waals surface area contributed by atoms with Crippen molar-refractivity contribution >= 4 is 39.7 Å². The second-order valence-electron chi connectivity index (χ2n) is 6.09. The van der Waals surface area contributed by atoms with Gasteiger partial charge in [0.1, 0.15) is 0 Å². The van der Waals surface area contributed by atoms with Gasteiger partial charge in [-0.15, -0.1) is 11.3 Å². The highest BCUT2D eigenvalue weighted by molar-refractivity contribution is 7.85. The Bertz CT molecular complexity index is 1060. The van der Waals surface area contributed by atoms with E-state index in [-0.39, 0.29) is 5.56 Å². The average Bonchev–Trinajstić information content (AvgIpc) is 3.18. The molecule has 2 aromatic carbocycles. The molecule has 8 heteroatoms. The lowest BCUT2D eigenvalue weighted by atomic mass is 10.1. The molecule has 1 aromatic heterocycles. The zero-order chi connectivity index (χ0) is 20.8. The van der Waals surface area contributed by atoms with E-state index < -0.39 is 29.3 Å². The molecule has 0 spiro atoms. The lowest BCUT2D eigenvalue weighted by Crippen LogP contribution is -2.21. The first-order valence-corrected chi connectivity index (χ1v) is 11.1. The van der Waals surface area contributed by atoms with Crippen molar-refractivity contribution < 1.29 is 18.5 Å². The minimum absolute atomic E-state index is 0.210. The largest absolute Gasteiger partial charge is 0.452 e. The van der Waals surface area contributed by atoms with Gasteiger partial charge in [-0.05, 0) is 31.2 Å². The fourth-order valence-corrected chi connectivity index (χ4v) is 4.21. The zero-order valence-corrected chi connectivity index (χ0v) is 17.6. The highest BCUT2D eigenvalue weighted by Gasteiger charge is 2.17. The molecule has 29 heavy (non-hydrogen) atoms. The summed E-state index contributed by atoms with van der Waals surface area (Å²) in [5, 5.41) is 5.63. The third-order valence-corrected chi connectivity index (χ3v) is 6.15. The number of nitrogens with zero attached hydrogens (tertiary/aromatic N) is 1. The van der Waals surface area contributed by atoms with E-state index in [0.29, 0.717) is 16.3 Å². The first-order chi connectivity index (χ1) is 14.0. The van der Waals surface area contributed by atoms with E-state index in [4.69, 9.17) is 4.74 Å². The van der Waals surface area contributed by atoms with Gasteiger partial charge in [0.05, 0.1) is 32.0 Å². The SMILES string of the molecule is CCS(=O)c1ccccc1C(=O)OCC(=O)Nc1cccc(-c2csc(C)n2)c1. The molecule has 3 rings (SSSR count). The molecule has 0 fully saturated rings. The number of aryl methyl sites for hydroxylation is 1. The molecule has 1 heterocycles. The van der Waals surface area contributed by atoms with Gasteiger partial charge in [0.2, 0.25) is 0 Å². The van der Waals surface area contributed by atoms with Gasteiger partial charge in [-0.3, -0.25) is 9.00 Å². The fourth-order valence-electron chi connectivity index (χ4n) is 2.65. The Hall–Kier alpha value is -2.84. The summed E-state index contributed by atoms with van der Waals surface area (Å²) in [4.78, 5) is 29.4. The van der Waals surface area contributed by atoms with Crippen molar-refractivity contribution in [2.24, 2.45) is 0 Å². The van der Waals surface area contributed by atoms with Crippen molar-refractivity contribution in [3.63, 3.8) is 0 Å². The quantitative estimate of drug-likeness (QED) is 0.574. The summed E-state index contributed by atoms with van der Waals surface area (Å²) in [6.45, 7) is 3.26. The van der Waals surface area contributed by atoms with Crippen LogP contribution < -0.4 is 5.32 Å². The van der Waals surface area contributed by atoms with Crippen LogP contribution in [0.25, 0.3) is 11.3 Å². The van der Waals surface area contributed by atoms with Gasteiger partial charge in [0.15, 0.2) is 6.61 Å². The molecule has 0 saturated heterocycles. The van der Waals surface area contributed by atoms with Gasteiger partial charge < -0.3 is 10.1 Å². The summed E-state index contributed by atoms with van der Waals surface area (Å²) in [5.41, 5.74) is 2.53. The summed E-state index contributed by atoms with van der Waals surface area (Å²) in [6.07, 6.45) is 0. The molecule has 1 atom stereocenters. The minimum Gasteiger partial charge on any atom is -0.452 e. The maximum absolute atomic E-state index is 12.3. The van der Waals surface area contributed by atoms with Crippen LogP contribution in [0.4, 0.5) is 5.69 Å². The van der Waals surface area contributed by atoms with Crippen molar-refractivity contribution in [3.05, 3.63) is 64.5 Å². The topological polar surface area (TPSA) is 85.4 Å². The van der Waals surface area contributed by atoms with E-state index in [0.717, 1.165) is 16.3 Å². The number of hydrogen-bond acceptors (Lipinski definition) is 6. The average molecular weight is 429 g/mol. The van der Waals surface area contributed by atoms with E-state index in [1.807, 2.05) is 30.5 Å². The molecular formula is C21H20N2O4S2. The summed E-state index contributed by atoms with van der Waals surface area (Å²) in [7, 11) is -1.29. The maximum atomic E-state index is 12.3. The van der Waals surface area contributed by atoms with Crippen LogP contribution in [0.2, 0.25) is 0 Å². The number of nitrogens with one attached hydrogen (secondary N) is 1. The van der Waals surface area contributed by atoms with Crippen LogP contribution in [0.3, 0.4) is 0 Å². The van der Waals surface area contributed by atoms with Gasteiger partial charge in [-0.1, -0.05) is 31.2 Å². The molecule has 0 bridgehead atoms. The van der Waals surface area contributed by atoms with Crippen LogP contribution in [-0.2, 0) is 20.3 Å². The Morgan fingerprint density at radius 3 is 2.69 bits per heavy atom. The van der Waals surface area contributed by atoms with Crippen LogP contribution in [0.1, 0.15) is 22.3 Å². The van der Waals surface area contributed by atoms with Crippen LogP contribution in [0.15, 0.2) is 58.8 Å². The number of thiazole rings is 1. The lowest BCUT2D eigenvalue weighted by molar-refractivity contribution is -0.119. The number of aromatic nitrogens is 1. The maximum Gasteiger partial charge on any atom is 0.339 e. The van der Waals surface area contributed by atoms with E-state index in [1.54, 1.807) is 48.6 Å². The van der Waals surface area contributed by atoms with E-state index in [2.05, 4.69) is 10.3 Å². The van der Waals surface area contributed by atoms with Crippen LogP contribution in [0.5, 0.6) is 0 Å². The van der Waals surface area contributed by atoms with Gasteiger partial charge in [0.25, 0.3) is 5.91 Å². The van der Waals surface area contributed by atoms with Gasteiger partial charge >= 0.3 is 5.97 Å². The van der Waals surface area contributed by atoms with E-state index in [9.17, 15) is 13.8 Å². The number of carbonyl (C=O) groups is 2. The first-order valence-electron chi connectivity index (χ1n) is 8.95. The highest BCUT2D eigenvalue weighted by atomic mass is 32.2. The molecule has 3 aromatic rings. The number of ether oxygens (including phenoxy) is 1. The molecule has 1 unspecified atom stereocenters. The molecule has 1 amide bonds. The van der Waals surface area contributed by atoms with E-state index in [1.165, 1.54) is 0 Å². The Morgan fingerprint density at radius 2 is 1.97 bits per heavy atom. The molecular weight excluding hydrogens is 408 g/mol. The first kappa shape index (κ1) is 20.9. The summed E-state index contributed by atoms with van der Waals surface area (Å²) in [6, 6.07) is 13.8. The molecule has 0 radical (unpaired) electrons. The Labute approximate surface area is 175 Å². The standard InChI is InChI=1S/C21H20N2O4S2/c1-3-29(26)19-10-5-4-9-17(19)21(25)27-12-20(24)23-16-8-6-7-15(11-16)18-13-28-14(2)22-18/h4-11,13H,3,12H2,1-2H3,(H,23,24). The molecule has 0 saturated carbocycles. The van der Waals surface area contributed by atoms with Crippen molar-refractivity contribution in [3.8, 4) is 11.3 Å². The minimum atomic E-state index is -1.29. The van der Waals surface area contributed by atoms with Gasteiger partial charge in [-0.2, -0.15) is 0 Å².